The molecule has 1 aromatic heterocycles. The third kappa shape index (κ3) is 2.97. The SMILES string of the molecule is Cc1noc(-c2ccccc2NC(=O)C(C)CN)n1. The summed E-state index contributed by atoms with van der Waals surface area (Å²) < 4.78 is 5.12. The van der Waals surface area contributed by atoms with Gasteiger partial charge < -0.3 is 15.6 Å². The quantitative estimate of drug-likeness (QED) is 0.870. The zero-order valence-corrected chi connectivity index (χ0v) is 10.9. The van der Waals surface area contributed by atoms with E-state index < -0.39 is 0 Å². The predicted molar refractivity (Wildman–Crippen MR) is 71.3 cm³/mol. The van der Waals surface area contributed by atoms with Crippen LogP contribution in [0.2, 0.25) is 0 Å². The molecule has 0 saturated carbocycles. The highest BCUT2D eigenvalue weighted by Crippen LogP contribution is 2.26. The van der Waals surface area contributed by atoms with Gasteiger partial charge in [0.25, 0.3) is 5.89 Å². The molecule has 19 heavy (non-hydrogen) atoms. The number of nitrogens with zero attached hydrogens (tertiary/aromatic N) is 2. The summed E-state index contributed by atoms with van der Waals surface area (Å²) in [6, 6.07) is 7.28. The number of aryl methyl sites for hydroxylation is 1. The number of rotatable bonds is 4. The first-order valence-electron chi connectivity index (χ1n) is 6.02. The number of hydrogen-bond acceptors (Lipinski definition) is 5. The van der Waals surface area contributed by atoms with Gasteiger partial charge in [0.15, 0.2) is 5.82 Å². The van der Waals surface area contributed by atoms with Crippen molar-refractivity contribution in [3.63, 3.8) is 0 Å². The van der Waals surface area contributed by atoms with E-state index in [0.29, 0.717) is 29.5 Å². The lowest BCUT2D eigenvalue weighted by Crippen LogP contribution is -2.26. The van der Waals surface area contributed by atoms with Gasteiger partial charge in [0.1, 0.15) is 0 Å². The van der Waals surface area contributed by atoms with Gasteiger partial charge in [-0.3, -0.25) is 4.79 Å². The Morgan fingerprint density at radius 3 is 2.84 bits per heavy atom. The molecule has 6 nitrogen and oxygen atoms in total. The average Bonchev–Trinajstić information content (AvgIpc) is 2.85. The summed E-state index contributed by atoms with van der Waals surface area (Å²) in [6.07, 6.45) is 0. The number of hydrogen-bond donors (Lipinski definition) is 2. The van der Waals surface area contributed by atoms with Crippen LogP contribution < -0.4 is 11.1 Å². The molecule has 0 fully saturated rings. The van der Waals surface area contributed by atoms with Gasteiger partial charge in [-0.15, -0.1) is 0 Å². The second-order valence-corrected chi connectivity index (χ2v) is 4.32. The predicted octanol–water partition coefficient (Wildman–Crippen LogP) is 1.58. The van der Waals surface area contributed by atoms with E-state index in [1.165, 1.54) is 0 Å². The Balaban J connectivity index is 2.29. The van der Waals surface area contributed by atoms with Crippen molar-refractivity contribution in [1.29, 1.82) is 0 Å². The van der Waals surface area contributed by atoms with Crippen molar-refractivity contribution in [1.82, 2.24) is 10.1 Å². The van der Waals surface area contributed by atoms with Crippen molar-refractivity contribution >= 4 is 11.6 Å². The van der Waals surface area contributed by atoms with Gasteiger partial charge in [0, 0.05) is 12.5 Å². The van der Waals surface area contributed by atoms with Crippen LogP contribution in [0.15, 0.2) is 28.8 Å². The summed E-state index contributed by atoms with van der Waals surface area (Å²) in [5, 5.41) is 6.57. The van der Waals surface area contributed by atoms with E-state index in [-0.39, 0.29) is 11.8 Å². The van der Waals surface area contributed by atoms with Crippen LogP contribution in [0.3, 0.4) is 0 Å². The Kier molecular flexibility index (Phi) is 3.91. The van der Waals surface area contributed by atoms with Gasteiger partial charge in [0.05, 0.1) is 11.3 Å². The van der Waals surface area contributed by atoms with Crippen LogP contribution in [0, 0.1) is 12.8 Å². The fourth-order valence-corrected chi connectivity index (χ4v) is 1.55. The van der Waals surface area contributed by atoms with Gasteiger partial charge in [0.2, 0.25) is 5.91 Å². The monoisotopic (exact) mass is 260 g/mol. The van der Waals surface area contributed by atoms with Crippen LogP contribution >= 0.6 is 0 Å². The average molecular weight is 260 g/mol. The van der Waals surface area contributed by atoms with Gasteiger partial charge in [-0.05, 0) is 19.1 Å². The molecular weight excluding hydrogens is 244 g/mol. The summed E-state index contributed by atoms with van der Waals surface area (Å²) in [4.78, 5) is 16.0. The minimum absolute atomic E-state index is 0.133. The van der Waals surface area contributed by atoms with E-state index in [1.807, 2.05) is 18.2 Å². The maximum atomic E-state index is 11.9. The molecule has 0 saturated heterocycles. The van der Waals surface area contributed by atoms with Crippen molar-refractivity contribution < 1.29 is 9.32 Å². The first kappa shape index (κ1) is 13.2. The number of aromatic nitrogens is 2. The Labute approximate surface area is 111 Å². The second kappa shape index (κ2) is 5.62. The Morgan fingerprint density at radius 2 is 2.21 bits per heavy atom. The molecule has 1 heterocycles. The molecule has 2 rings (SSSR count). The van der Waals surface area contributed by atoms with Crippen molar-refractivity contribution in [3.05, 3.63) is 30.1 Å². The Morgan fingerprint density at radius 1 is 1.47 bits per heavy atom. The molecule has 100 valence electrons. The van der Waals surface area contributed by atoms with Gasteiger partial charge in [-0.2, -0.15) is 4.98 Å². The first-order chi connectivity index (χ1) is 9.11. The third-order valence-corrected chi connectivity index (χ3v) is 2.74. The molecule has 0 bridgehead atoms. The highest BCUT2D eigenvalue weighted by molar-refractivity contribution is 5.95. The lowest BCUT2D eigenvalue weighted by atomic mass is 10.1. The van der Waals surface area contributed by atoms with Crippen molar-refractivity contribution in [2.45, 2.75) is 13.8 Å². The fraction of sp³-hybridized carbons (Fsp3) is 0.308. The van der Waals surface area contributed by atoms with Crippen LogP contribution in [-0.4, -0.2) is 22.6 Å². The first-order valence-corrected chi connectivity index (χ1v) is 6.02. The summed E-state index contributed by atoms with van der Waals surface area (Å²) >= 11 is 0. The van der Waals surface area contributed by atoms with Crippen LogP contribution in [0.1, 0.15) is 12.7 Å². The molecule has 2 aromatic rings. The van der Waals surface area contributed by atoms with Gasteiger partial charge in [-0.25, -0.2) is 0 Å². The zero-order valence-electron chi connectivity index (χ0n) is 10.9. The largest absolute Gasteiger partial charge is 0.334 e. The van der Waals surface area contributed by atoms with Gasteiger partial charge >= 0.3 is 0 Å². The molecule has 0 aliphatic carbocycles. The summed E-state index contributed by atoms with van der Waals surface area (Å²) in [7, 11) is 0. The molecule has 1 atom stereocenters. The Bertz CT molecular complexity index is 580. The van der Waals surface area contributed by atoms with E-state index in [4.69, 9.17) is 10.3 Å². The molecule has 0 spiro atoms. The van der Waals surface area contributed by atoms with Crippen molar-refractivity contribution in [3.8, 4) is 11.5 Å². The zero-order chi connectivity index (χ0) is 13.8. The smallest absolute Gasteiger partial charge is 0.260 e. The van der Waals surface area contributed by atoms with Gasteiger partial charge in [-0.1, -0.05) is 24.2 Å². The molecule has 0 radical (unpaired) electrons. The lowest BCUT2D eigenvalue weighted by molar-refractivity contribution is -0.119. The number of para-hydroxylation sites is 1. The molecule has 1 unspecified atom stereocenters. The van der Waals surface area contributed by atoms with E-state index in [9.17, 15) is 4.79 Å². The number of anilines is 1. The molecule has 6 heteroatoms. The topological polar surface area (TPSA) is 94.0 Å². The number of amides is 1. The second-order valence-electron chi connectivity index (χ2n) is 4.32. The standard InChI is InChI=1S/C13H16N4O2/c1-8(7-14)12(18)16-11-6-4-3-5-10(11)13-15-9(2)17-19-13/h3-6,8H,7,14H2,1-2H3,(H,16,18). The lowest BCUT2D eigenvalue weighted by Gasteiger charge is -2.11. The number of benzene rings is 1. The van der Waals surface area contributed by atoms with E-state index in [2.05, 4.69) is 15.5 Å². The summed E-state index contributed by atoms with van der Waals surface area (Å²) in [5.41, 5.74) is 6.81. The number of nitrogens with one attached hydrogen (secondary N) is 1. The maximum Gasteiger partial charge on any atom is 0.260 e. The van der Waals surface area contributed by atoms with Crippen LogP contribution in [0.5, 0.6) is 0 Å². The van der Waals surface area contributed by atoms with Crippen LogP contribution in [-0.2, 0) is 4.79 Å². The summed E-state index contributed by atoms with van der Waals surface area (Å²) in [6.45, 7) is 3.81. The number of nitrogens with two attached hydrogens (primary N) is 1. The highest BCUT2D eigenvalue weighted by atomic mass is 16.5. The minimum Gasteiger partial charge on any atom is -0.334 e. The van der Waals surface area contributed by atoms with Crippen molar-refractivity contribution in [2.75, 3.05) is 11.9 Å². The van der Waals surface area contributed by atoms with Crippen LogP contribution in [0.4, 0.5) is 5.69 Å². The molecular formula is C13H16N4O2. The fourth-order valence-electron chi connectivity index (χ4n) is 1.55. The maximum absolute atomic E-state index is 11.9. The van der Waals surface area contributed by atoms with E-state index in [0.717, 1.165) is 0 Å². The number of carbonyl (C=O) groups excluding carboxylic acids is 1. The van der Waals surface area contributed by atoms with E-state index in [1.54, 1.807) is 19.9 Å². The summed E-state index contributed by atoms with van der Waals surface area (Å²) in [5.74, 6) is 0.545. The molecule has 3 N–H and O–H groups in total. The van der Waals surface area contributed by atoms with E-state index >= 15 is 0 Å². The Hall–Kier alpha value is -2.21. The molecule has 1 amide bonds. The molecule has 0 aliphatic rings. The highest BCUT2D eigenvalue weighted by Gasteiger charge is 2.16. The molecule has 0 aliphatic heterocycles. The minimum atomic E-state index is -0.252. The molecule has 1 aromatic carbocycles. The third-order valence-electron chi connectivity index (χ3n) is 2.74. The number of carbonyl (C=O) groups is 1. The van der Waals surface area contributed by atoms with Crippen LogP contribution in [0.25, 0.3) is 11.5 Å². The normalized spacial score (nSPS) is 12.2. The van der Waals surface area contributed by atoms with Crippen molar-refractivity contribution in [2.24, 2.45) is 11.7 Å².